The molecule has 24 heavy (non-hydrogen) atoms. The van der Waals surface area contributed by atoms with E-state index in [0.29, 0.717) is 13.1 Å². The monoisotopic (exact) mass is 346 g/mol. The fourth-order valence-electron chi connectivity index (χ4n) is 3.27. The van der Waals surface area contributed by atoms with E-state index in [0.717, 1.165) is 13.1 Å². The molecule has 0 spiro atoms. The second-order valence-corrected chi connectivity index (χ2v) is 7.51. The van der Waals surface area contributed by atoms with Crippen molar-refractivity contribution in [3.8, 4) is 0 Å². The Kier molecular flexibility index (Phi) is 5.30. The Morgan fingerprint density at radius 1 is 0.833 bits per heavy atom. The van der Waals surface area contributed by atoms with E-state index in [1.165, 1.54) is 11.1 Å². The van der Waals surface area contributed by atoms with Gasteiger partial charge in [-0.1, -0.05) is 60.7 Å². The van der Waals surface area contributed by atoms with E-state index >= 15 is 0 Å². The highest BCUT2D eigenvalue weighted by atomic mass is 32.2. The molecular weight excluding hydrogens is 324 g/mol. The molecule has 0 radical (unpaired) electrons. The molecule has 3 rings (SSSR count). The van der Waals surface area contributed by atoms with Gasteiger partial charge in [0.2, 0.25) is 0 Å². The van der Waals surface area contributed by atoms with Crippen LogP contribution in [-0.4, -0.2) is 54.8 Å². The van der Waals surface area contributed by atoms with Crippen molar-refractivity contribution in [2.45, 2.75) is 6.04 Å². The lowest BCUT2D eigenvalue weighted by molar-refractivity contribution is 0.120. The largest absolute Gasteiger partial charge is 0.290 e. The third-order valence-corrected chi connectivity index (χ3v) is 5.04. The van der Waals surface area contributed by atoms with Gasteiger partial charge >= 0.3 is 0 Å². The quantitative estimate of drug-likeness (QED) is 0.842. The van der Waals surface area contributed by atoms with Crippen LogP contribution in [0.4, 0.5) is 0 Å². The number of piperazine rings is 1. The minimum atomic E-state index is -3.96. The minimum Gasteiger partial charge on any atom is -0.290 e. The minimum absolute atomic E-state index is 0.153. The predicted molar refractivity (Wildman–Crippen MR) is 94.3 cm³/mol. The van der Waals surface area contributed by atoms with Crippen molar-refractivity contribution < 1.29 is 13.0 Å². The first kappa shape index (κ1) is 17.1. The van der Waals surface area contributed by atoms with Gasteiger partial charge in [0, 0.05) is 26.2 Å². The van der Waals surface area contributed by atoms with Gasteiger partial charge in [0.1, 0.15) is 5.88 Å². The molecule has 0 saturated carbocycles. The zero-order valence-corrected chi connectivity index (χ0v) is 14.3. The second-order valence-electron chi connectivity index (χ2n) is 6.09. The third-order valence-electron chi connectivity index (χ3n) is 4.35. The Bertz CT molecular complexity index is 703. The van der Waals surface area contributed by atoms with Crippen LogP contribution in [0.3, 0.4) is 0 Å². The molecule has 6 heteroatoms. The average Bonchev–Trinajstić information content (AvgIpc) is 2.57. The molecule has 2 aromatic carbocycles. The van der Waals surface area contributed by atoms with Gasteiger partial charge in [-0.2, -0.15) is 8.42 Å². The lowest BCUT2D eigenvalue weighted by Crippen LogP contribution is -2.49. The molecule has 1 N–H and O–H groups in total. The highest BCUT2D eigenvalue weighted by molar-refractivity contribution is 7.85. The van der Waals surface area contributed by atoms with Gasteiger partial charge in [-0.25, -0.2) is 0 Å². The van der Waals surface area contributed by atoms with Gasteiger partial charge in [0.15, 0.2) is 0 Å². The molecule has 1 fully saturated rings. The first-order valence-corrected chi connectivity index (χ1v) is 9.65. The van der Waals surface area contributed by atoms with Crippen molar-refractivity contribution in [3.05, 3.63) is 71.8 Å². The highest BCUT2D eigenvalue weighted by Crippen LogP contribution is 2.29. The Labute approximate surface area is 143 Å². The van der Waals surface area contributed by atoms with E-state index in [1.54, 1.807) is 4.90 Å². The SMILES string of the molecule is O=S(=O)(O)CN1CCN(C(c2ccccc2)c2ccccc2)CC1. The lowest BCUT2D eigenvalue weighted by Gasteiger charge is -2.39. The summed E-state index contributed by atoms with van der Waals surface area (Å²) >= 11 is 0. The van der Waals surface area contributed by atoms with E-state index in [2.05, 4.69) is 29.2 Å². The molecule has 0 aliphatic carbocycles. The van der Waals surface area contributed by atoms with E-state index in [4.69, 9.17) is 4.55 Å². The van der Waals surface area contributed by atoms with Gasteiger partial charge in [0.25, 0.3) is 10.1 Å². The summed E-state index contributed by atoms with van der Waals surface area (Å²) in [6.07, 6.45) is 0. The summed E-state index contributed by atoms with van der Waals surface area (Å²) < 4.78 is 31.1. The Morgan fingerprint density at radius 3 is 1.71 bits per heavy atom. The van der Waals surface area contributed by atoms with Crippen molar-refractivity contribution in [2.75, 3.05) is 32.1 Å². The van der Waals surface area contributed by atoms with Crippen molar-refractivity contribution in [3.63, 3.8) is 0 Å². The summed E-state index contributed by atoms with van der Waals surface area (Å²) in [5, 5.41) is 0. The predicted octanol–water partition coefficient (Wildman–Crippen LogP) is 2.24. The molecule has 0 atom stereocenters. The molecule has 1 heterocycles. The molecule has 0 aromatic heterocycles. The van der Waals surface area contributed by atoms with Crippen molar-refractivity contribution in [1.82, 2.24) is 9.80 Å². The first-order valence-electron chi connectivity index (χ1n) is 8.04. The van der Waals surface area contributed by atoms with Crippen LogP contribution in [0.2, 0.25) is 0 Å². The van der Waals surface area contributed by atoms with Gasteiger partial charge in [-0.05, 0) is 11.1 Å². The van der Waals surface area contributed by atoms with Crippen molar-refractivity contribution >= 4 is 10.1 Å². The van der Waals surface area contributed by atoms with Crippen LogP contribution in [0.25, 0.3) is 0 Å². The summed E-state index contributed by atoms with van der Waals surface area (Å²) in [4.78, 5) is 4.14. The normalized spacial score (nSPS) is 17.2. The van der Waals surface area contributed by atoms with Gasteiger partial charge in [0.05, 0.1) is 6.04 Å². The molecule has 0 amide bonds. The van der Waals surface area contributed by atoms with Crippen molar-refractivity contribution in [1.29, 1.82) is 0 Å². The maximum absolute atomic E-state index is 11.1. The third kappa shape index (κ3) is 4.42. The number of rotatable bonds is 5. The van der Waals surface area contributed by atoms with E-state index < -0.39 is 10.1 Å². The zero-order valence-electron chi connectivity index (χ0n) is 13.5. The molecule has 1 saturated heterocycles. The maximum Gasteiger partial charge on any atom is 0.278 e. The molecule has 0 unspecified atom stereocenters. The molecule has 0 bridgehead atoms. The molecule has 128 valence electrons. The smallest absolute Gasteiger partial charge is 0.278 e. The Morgan fingerprint density at radius 2 is 1.29 bits per heavy atom. The molecule has 1 aliphatic rings. The Hall–Kier alpha value is -1.73. The maximum atomic E-state index is 11.1. The highest BCUT2D eigenvalue weighted by Gasteiger charge is 2.27. The second kappa shape index (κ2) is 7.44. The van der Waals surface area contributed by atoms with Crippen LogP contribution < -0.4 is 0 Å². The number of benzene rings is 2. The van der Waals surface area contributed by atoms with E-state index in [1.807, 2.05) is 36.4 Å². The van der Waals surface area contributed by atoms with Crippen LogP contribution >= 0.6 is 0 Å². The van der Waals surface area contributed by atoms with Crippen LogP contribution in [-0.2, 0) is 10.1 Å². The fraction of sp³-hybridized carbons (Fsp3) is 0.333. The topological polar surface area (TPSA) is 60.9 Å². The van der Waals surface area contributed by atoms with Crippen molar-refractivity contribution in [2.24, 2.45) is 0 Å². The lowest BCUT2D eigenvalue weighted by atomic mass is 9.96. The summed E-state index contributed by atoms with van der Waals surface area (Å²) in [6.45, 7) is 2.75. The molecule has 2 aromatic rings. The van der Waals surface area contributed by atoms with Crippen LogP contribution in [0.15, 0.2) is 60.7 Å². The van der Waals surface area contributed by atoms with Gasteiger partial charge in [-0.3, -0.25) is 14.4 Å². The average molecular weight is 346 g/mol. The Balaban J connectivity index is 1.78. The summed E-state index contributed by atoms with van der Waals surface area (Å²) in [7, 11) is -3.96. The first-order chi connectivity index (χ1) is 11.5. The number of hydrogen-bond donors (Lipinski definition) is 1. The summed E-state index contributed by atoms with van der Waals surface area (Å²) in [6, 6.07) is 20.8. The summed E-state index contributed by atoms with van der Waals surface area (Å²) in [5.41, 5.74) is 2.46. The molecular formula is C18H22N2O3S. The van der Waals surface area contributed by atoms with Crippen LogP contribution in [0, 0.1) is 0 Å². The standard InChI is InChI=1S/C18H22N2O3S/c21-24(22,23)15-19-11-13-20(14-12-19)18(16-7-3-1-4-8-16)17-9-5-2-6-10-17/h1-10,18H,11-15H2,(H,21,22,23). The van der Waals surface area contributed by atoms with E-state index in [-0.39, 0.29) is 11.9 Å². The van der Waals surface area contributed by atoms with E-state index in [9.17, 15) is 8.42 Å². The van der Waals surface area contributed by atoms with Gasteiger partial charge in [-0.15, -0.1) is 0 Å². The van der Waals surface area contributed by atoms with Crippen LogP contribution in [0.5, 0.6) is 0 Å². The molecule has 1 aliphatic heterocycles. The fourth-order valence-corrected chi connectivity index (χ4v) is 3.99. The number of nitrogens with zero attached hydrogens (tertiary/aromatic N) is 2. The van der Waals surface area contributed by atoms with Gasteiger partial charge < -0.3 is 0 Å². The summed E-state index contributed by atoms with van der Waals surface area (Å²) in [5.74, 6) is -0.290. The zero-order chi connectivity index (χ0) is 17.0. The number of hydrogen-bond acceptors (Lipinski definition) is 4. The van der Waals surface area contributed by atoms with Crippen LogP contribution in [0.1, 0.15) is 17.2 Å². The molecule has 5 nitrogen and oxygen atoms in total.